The average Bonchev–Trinajstić information content (AvgIpc) is 2.37. The van der Waals surface area contributed by atoms with Crippen molar-refractivity contribution in [3.8, 4) is 0 Å². The van der Waals surface area contributed by atoms with Crippen molar-refractivity contribution in [1.82, 2.24) is 10.2 Å². The van der Waals surface area contributed by atoms with Crippen LogP contribution in [-0.2, 0) is 9.53 Å². The van der Waals surface area contributed by atoms with Crippen LogP contribution >= 0.6 is 0 Å². The SMILES string of the molecule is CCC(=O)N1CC(CCO)CC(NC(=O)OC)C1. The molecular formula is C12H22N2O4. The molecule has 2 amide bonds. The molecule has 1 rings (SSSR count). The molecule has 6 nitrogen and oxygen atoms in total. The molecule has 1 aliphatic heterocycles. The number of nitrogens with zero attached hydrogens (tertiary/aromatic N) is 1. The van der Waals surface area contributed by atoms with Gasteiger partial charge in [0.15, 0.2) is 0 Å². The van der Waals surface area contributed by atoms with E-state index in [4.69, 9.17) is 5.11 Å². The molecule has 0 aromatic rings. The molecule has 0 radical (unpaired) electrons. The summed E-state index contributed by atoms with van der Waals surface area (Å²) < 4.78 is 4.57. The van der Waals surface area contributed by atoms with E-state index in [0.29, 0.717) is 25.9 Å². The van der Waals surface area contributed by atoms with E-state index in [1.165, 1.54) is 7.11 Å². The van der Waals surface area contributed by atoms with Gasteiger partial charge in [-0.2, -0.15) is 0 Å². The predicted octanol–water partition coefficient (Wildman–Crippen LogP) is 0.352. The Morgan fingerprint density at radius 2 is 2.17 bits per heavy atom. The number of alkyl carbamates (subject to hydrolysis) is 1. The molecule has 0 aromatic heterocycles. The van der Waals surface area contributed by atoms with Crippen LogP contribution in [-0.4, -0.2) is 54.9 Å². The van der Waals surface area contributed by atoms with Gasteiger partial charge in [-0.3, -0.25) is 4.79 Å². The molecular weight excluding hydrogens is 236 g/mol. The Morgan fingerprint density at radius 3 is 2.72 bits per heavy atom. The maximum Gasteiger partial charge on any atom is 0.407 e. The molecule has 1 heterocycles. The normalized spacial score (nSPS) is 23.6. The fourth-order valence-corrected chi connectivity index (χ4v) is 2.35. The number of aliphatic hydroxyl groups excluding tert-OH is 1. The third-order valence-electron chi connectivity index (χ3n) is 3.24. The third-order valence-corrected chi connectivity index (χ3v) is 3.24. The molecule has 2 unspecified atom stereocenters. The van der Waals surface area contributed by atoms with Crippen LogP contribution in [0.4, 0.5) is 4.79 Å². The Kier molecular flexibility index (Phi) is 5.91. The summed E-state index contributed by atoms with van der Waals surface area (Å²) in [6.45, 7) is 3.10. The minimum Gasteiger partial charge on any atom is -0.453 e. The molecule has 0 spiro atoms. The lowest BCUT2D eigenvalue weighted by Gasteiger charge is -2.37. The van der Waals surface area contributed by atoms with Crippen LogP contribution < -0.4 is 5.32 Å². The fourth-order valence-electron chi connectivity index (χ4n) is 2.35. The highest BCUT2D eigenvalue weighted by atomic mass is 16.5. The van der Waals surface area contributed by atoms with E-state index in [9.17, 15) is 9.59 Å². The molecule has 0 aliphatic carbocycles. The lowest BCUT2D eigenvalue weighted by molar-refractivity contribution is -0.133. The van der Waals surface area contributed by atoms with Gasteiger partial charge in [0.05, 0.1) is 13.2 Å². The smallest absolute Gasteiger partial charge is 0.407 e. The molecule has 0 bridgehead atoms. The highest BCUT2D eigenvalue weighted by molar-refractivity contribution is 5.76. The topological polar surface area (TPSA) is 78.9 Å². The van der Waals surface area contributed by atoms with Crippen molar-refractivity contribution >= 4 is 12.0 Å². The predicted molar refractivity (Wildman–Crippen MR) is 66.0 cm³/mol. The second kappa shape index (κ2) is 7.20. The quantitative estimate of drug-likeness (QED) is 0.762. The van der Waals surface area contributed by atoms with Gasteiger partial charge in [0.25, 0.3) is 0 Å². The standard InChI is InChI=1S/C12H22N2O4/c1-3-11(16)14-7-9(4-5-15)6-10(8-14)13-12(17)18-2/h9-10,15H,3-8H2,1-2H3,(H,13,17). The number of rotatable bonds is 4. The lowest BCUT2D eigenvalue weighted by Crippen LogP contribution is -2.52. The first-order chi connectivity index (χ1) is 8.60. The number of aliphatic hydroxyl groups is 1. The summed E-state index contributed by atoms with van der Waals surface area (Å²) in [5.74, 6) is 0.302. The molecule has 1 saturated heterocycles. The van der Waals surface area contributed by atoms with Gasteiger partial charge < -0.3 is 20.1 Å². The monoisotopic (exact) mass is 258 g/mol. The van der Waals surface area contributed by atoms with Crippen LogP contribution in [0.3, 0.4) is 0 Å². The Hall–Kier alpha value is -1.30. The number of nitrogens with one attached hydrogen (secondary N) is 1. The summed E-state index contributed by atoms with van der Waals surface area (Å²) in [5, 5.41) is 11.7. The molecule has 1 aliphatic rings. The molecule has 0 aromatic carbocycles. The van der Waals surface area contributed by atoms with E-state index in [-0.39, 0.29) is 24.5 Å². The van der Waals surface area contributed by atoms with Gasteiger partial charge in [-0.05, 0) is 18.8 Å². The Morgan fingerprint density at radius 1 is 1.44 bits per heavy atom. The van der Waals surface area contributed by atoms with Gasteiger partial charge in [-0.15, -0.1) is 0 Å². The maximum absolute atomic E-state index is 11.7. The zero-order valence-electron chi connectivity index (χ0n) is 11.0. The third kappa shape index (κ3) is 4.18. The van der Waals surface area contributed by atoms with Crippen molar-refractivity contribution in [2.75, 3.05) is 26.8 Å². The molecule has 18 heavy (non-hydrogen) atoms. The first-order valence-electron chi connectivity index (χ1n) is 6.33. The molecule has 2 N–H and O–H groups in total. The van der Waals surface area contributed by atoms with E-state index in [0.717, 1.165) is 6.42 Å². The zero-order valence-corrected chi connectivity index (χ0v) is 11.0. The van der Waals surface area contributed by atoms with Gasteiger partial charge in [-0.25, -0.2) is 4.79 Å². The number of hydrogen-bond acceptors (Lipinski definition) is 4. The molecule has 2 atom stereocenters. The van der Waals surface area contributed by atoms with Crippen LogP contribution in [0.25, 0.3) is 0 Å². The number of carbonyl (C=O) groups is 2. The van der Waals surface area contributed by atoms with Crippen LogP contribution in [0.5, 0.6) is 0 Å². The van der Waals surface area contributed by atoms with Crippen LogP contribution in [0.1, 0.15) is 26.2 Å². The van der Waals surface area contributed by atoms with Crippen molar-refractivity contribution in [3.05, 3.63) is 0 Å². The van der Waals surface area contributed by atoms with Crippen LogP contribution in [0.2, 0.25) is 0 Å². The van der Waals surface area contributed by atoms with E-state index < -0.39 is 6.09 Å². The maximum atomic E-state index is 11.7. The number of hydrogen-bond donors (Lipinski definition) is 2. The van der Waals surface area contributed by atoms with Gasteiger partial charge in [0.1, 0.15) is 0 Å². The number of piperidine rings is 1. The van der Waals surface area contributed by atoms with E-state index in [2.05, 4.69) is 10.1 Å². The highest BCUT2D eigenvalue weighted by Gasteiger charge is 2.30. The Labute approximate surface area is 107 Å². The Balaban J connectivity index is 2.61. The molecule has 6 heteroatoms. The van der Waals surface area contributed by atoms with Crippen LogP contribution in [0, 0.1) is 5.92 Å². The van der Waals surface area contributed by atoms with Crippen molar-refractivity contribution in [2.45, 2.75) is 32.2 Å². The summed E-state index contributed by atoms with van der Waals surface area (Å²) >= 11 is 0. The molecule has 104 valence electrons. The molecule has 1 fully saturated rings. The number of likely N-dealkylation sites (tertiary alicyclic amines) is 1. The van der Waals surface area contributed by atoms with Gasteiger partial charge in [0, 0.05) is 26.1 Å². The second-order valence-corrected chi connectivity index (χ2v) is 4.60. The summed E-state index contributed by atoms with van der Waals surface area (Å²) in [7, 11) is 1.32. The fraction of sp³-hybridized carbons (Fsp3) is 0.833. The second-order valence-electron chi connectivity index (χ2n) is 4.60. The van der Waals surface area contributed by atoms with Crippen molar-refractivity contribution < 1.29 is 19.4 Å². The largest absolute Gasteiger partial charge is 0.453 e. The van der Waals surface area contributed by atoms with Gasteiger partial charge >= 0.3 is 6.09 Å². The van der Waals surface area contributed by atoms with E-state index in [1.54, 1.807) is 4.90 Å². The highest BCUT2D eigenvalue weighted by Crippen LogP contribution is 2.20. The van der Waals surface area contributed by atoms with E-state index >= 15 is 0 Å². The number of carbonyl (C=O) groups excluding carboxylic acids is 2. The van der Waals surface area contributed by atoms with Crippen molar-refractivity contribution in [1.29, 1.82) is 0 Å². The summed E-state index contributed by atoms with van der Waals surface area (Å²) in [6.07, 6.45) is 1.39. The van der Waals surface area contributed by atoms with Gasteiger partial charge in [0.2, 0.25) is 5.91 Å². The van der Waals surface area contributed by atoms with E-state index in [1.807, 2.05) is 6.92 Å². The lowest BCUT2D eigenvalue weighted by atomic mass is 9.91. The Bertz CT molecular complexity index is 296. The minimum atomic E-state index is -0.478. The number of amides is 2. The summed E-state index contributed by atoms with van der Waals surface area (Å²) in [5.41, 5.74) is 0. The average molecular weight is 258 g/mol. The van der Waals surface area contributed by atoms with Crippen molar-refractivity contribution in [3.63, 3.8) is 0 Å². The molecule has 0 saturated carbocycles. The minimum absolute atomic E-state index is 0.0781. The van der Waals surface area contributed by atoms with Crippen molar-refractivity contribution in [2.24, 2.45) is 5.92 Å². The summed E-state index contributed by atoms with van der Waals surface area (Å²) in [4.78, 5) is 24.7. The first-order valence-corrected chi connectivity index (χ1v) is 6.33. The zero-order chi connectivity index (χ0) is 13.5. The van der Waals surface area contributed by atoms with Gasteiger partial charge in [-0.1, -0.05) is 6.92 Å². The number of methoxy groups -OCH3 is 1. The first kappa shape index (κ1) is 14.8. The summed E-state index contributed by atoms with van der Waals surface area (Å²) in [6, 6.07) is -0.0988. The van der Waals surface area contributed by atoms with Crippen LogP contribution in [0.15, 0.2) is 0 Å². The number of ether oxygens (including phenoxy) is 1.